The molecule has 0 aliphatic carbocycles. The normalized spacial score (nSPS) is 18.6. The maximum absolute atomic E-state index is 5.75. The maximum Gasteiger partial charge on any atom is 0.168 e. The Kier molecular flexibility index (Phi) is 8.28. The van der Waals surface area contributed by atoms with E-state index in [0.717, 1.165) is 5.57 Å². The molecule has 2 unspecified atom stereocenters. The average molecular weight is 283 g/mol. The molecule has 2 atom stereocenters. The molecule has 0 aliphatic heterocycles. The number of methoxy groups -OCH3 is 2. The van der Waals surface area contributed by atoms with Crippen molar-refractivity contribution in [1.82, 2.24) is 0 Å². The number of hydrogen-bond acceptors (Lipinski definition) is 4. The lowest BCUT2D eigenvalue weighted by Crippen LogP contribution is -2.44. The molecule has 0 aromatic heterocycles. The predicted octanol–water partition coefficient (Wildman–Crippen LogP) is 1.21. The summed E-state index contributed by atoms with van der Waals surface area (Å²) < 4.78 is 21.7. The molecule has 0 spiro atoms. The summed E-state index contributed by atoms with van der Waals surface area (Å²) in [4.78, 5) is 0. The topological polar surface area (TPSA) is 36.9 Å². The van der Waals surface area contributed by atoms with Gasteiger partial charge in [-0.25, -0.2) is 0 Å². The predicted molar refractivity (Wildman–Crippen MR) is 72.3 cm³/mol. The van der Waals surface area contributed by atoms with Crippen LogP contribution in [-0.4, -0.2) is 48.3 Å². The molecule has 0 fully saturated rings. The van der Waals surface area contributed by atoms with Crippen molar-refractivity contribution in [2.24, 2.45) is 0 Å². The molecule has 4 nitrogen and oxygen atoms in total. The number of alkyl halides is 1. The van der Waals surface area contributed by atoms with Crippen LogP contribution in [0.25, 0.3) is 0 Å². The van der Waals surface area contributed by atoms with Crippen molar-refractivity contribution in [1.29, 1.82) is 0 Å². The fraction of sp³-hybridized carbons (Fsp3) is 0.818. The third-order valence-electron chi connectivity index (χ3n) is 2.48. The number of halogens is 1. The van der Waals surface area contributed by atoms with Crippen LogP contribution in [0.1, 0.15) is 20.3 Å². The van der Waals surface area contributed by atoms with E-state index in [1.165, 1.54) is 0 Å². The van der Waals surface area contributed by atoms with Gasteiger partial charge in [-0.1, -0.05) is 6.58 Å². The third-order valence-corrected chi connectivity index (χ3v) is 3.85. The van der Waals surface area contributed by atoms with Gasteiger partial charge in [-0.3, -0.25) is 0 Å². The summed E-state index contributed by atoms with van der Waals surface area (Å²) in [5.74, 6) is 0.484. The Hall–Kier alpha value is 0.0869. The van der Waals surface area contributed by atoms with Crippen LogP contribution in [0.2, 0.25) is 0 Å². The van der Waals surface area contributed by atoms with E-state index in [-0.39, 0.29) is 12.6 Å². The molecular weight excluding hydrogens is 260 g/mol. The molecule has 6 heteroatoms. The lowest BCUT2D eigenvalue weighted by Gasteiger charge is -2.36. The Morgan fingerprint density at radius 1 is 1.24 bits per heavy atom. The number of rotatable bonds is 9. The highest BCUT2D eigenvalue weighted by molar-refractivity contribution is 6.18. The van der Waals surface area contributed by atoms with Gasteiger partial charge in [0.05, 0.1) is 10.2 Å². The first-order chi connectivity index (χ1) is 7.89. The summed E-state index contributed by atoms with van der Waals surface area (Å²) in [7, 11) is 3.77. The van der Waals surface area contributed by atoms with Gasteiger partial charge < -0.3 is 18.9 Å². The van der Waals surface area contributed by atoms with E-state index in [2.05, 4.69) is 6.58 Å². The highest BCUT2D eigenvalue weighted by Gasteiger charge is 2.33. The molecule has 0 heterocycles. The lowest BCUT2D eigenvalue weighted by atomic mass is 10.2. The van der Waals surface area contributed by atoms with Crippen LogP contribution in [0.4, 0.5) is 0 Å². The molecule has 0 aromatic carbocycles. The van der Waals surface area contributed by atoms with Gasteiger partial charge in [0.25, 0.3) is 0 Å². The van der Waals surface area contributed by atoms with Crippen molar-refractivity contribution < 1.29 is 18.9 Å². The Balaban J connectivity index is 4.72. The van der Waals surface area contributed by atoms with Crippen molar-refractivity contribution in [2.75, 3.05) is 20.1 Å². The molecule has 0 rings (SSSR count). The van der Waals surface area contributed by atoms with Gasteiger partial charge in [-0.2, -0.15) is 0 Å². The lowest BCUT2D eigenvalue weighted by molar-refractivity contribution is -0.286. The number of ether oxygens (including phenoxy) is 4. The van der Waals surface area contributed by atoms with E-state index in [4.69, 9.17) is 30.5 Å². The van der Waals surface area contributed by atoms with Crippen LogP contribution >= 0.6 is 11.6 Å². The first-order valence-corrected chi connectivity index (χ1v) is 7.08. The van der Waals surface area contributed by atoms with Crippen LogP contribution in [-0.2, 0) is 18.9 Å². The molecule has 0 N–H and O–H groups in total. The van der Waals surface area contributed by atoms with Gasteiger partial charge in [0.2, 0.25) is 0 Å². The zero-order valence-electron chi connectivity index (χ0n) is 11.3. The van der Waals surface area contributed by atoms with Gasteiger partial charge in [-0.05, 0) is 25.8 Å². The SMILES string of the molecule is C=C(CCCl)C([SiH3])(OC(C)OC)OC(C)OC. The Bertz CT molecular complexity index is 226. The quantitative estimate of drug-likeness (QED) is 0.276. The summed E-state index contributed by atoms with van der Waals surface area (Å²) in [6.45, 7) is 7.59. The second-order valence-corrected chi connectivity index (χ2v) is 5.53. The molecule has 0 aromatic rings. The molecule has 17 heavy (non-hydrogen) atoms. The largest absolute Gasteiger partial charge is 0.356 e. The van der Waals surface area contributed by atoms with Crippen LogP contribution in [0.15, 0.2) is 12.2 Å². The third kappa shape index (κ3) is 5.99. The molecule has 0 saturated carbocycles. The first-order valence-electron chi connectivity index (χ1n) is 5.55. The van der Waals surface area contributed by atoms with E-state index < -0.39 is 5.41 Å². The van der Waals surface area contributed by atoms with E-state index in [1.807, 2.05) is 0 Å². The summed E-state index contributed by atoms with van der Waals surface area (Å²) >= 11 is 5.72. The zero-order chi connectivity index (χ0) is 13.5. The Labute approximate surface area is 112 Å². The molecule has 0 aliphatic rings. The Morgan fingerprint density at radius 2 is 1.65 bits per heavy atom. The summed E-state index contributed by atoms with van der Waals surface area (Å²) in [6.07, 6.45) is -0.106. The molecule has 0 bridgehead atoms. The maximum atomic E-state index is 5.75. The van der Waals surface area contributed by atoms with E-state index in [0.29, 0.717) is 22.5 Å². The average Bonchev–Trinajstić information content (AvgIpc) is 2.28. The minimum Gasteiger partial charge on any atom is -0.356 e. The van der Waals surface area contributed by atoms with Gasteiger partial charge in [0, 0.05) is 20.1 Å². The molecule has 0 radical (unpaired) electrons. The van der Waals surface area contributed by atoms with E-state index >= 15 is 0 Å². The number of hydrogen-bond donors (Lipinski definition) is 0. The van der Waals surface area contributed by atoms with Crippen molar-refractivity contribution in [3.05, 3.63) is 12.2 Å². The van der Waals surface area contributed by atoms with Crippen molar-refractivity contribution in [3.63, 3.8) is 0 Å². The second-order valence-electron chi connectivity index (χ2n) is 3.83. The van der Waals surface area contributed by atoms with Gasteiger partial charge in [0.1, 0.15) is 0 Å². The van der Waals surface area contributed by atoms with Crippen molar-refractivity contribution >= 4 is 21.8 Å². The van der Waals surface area contributed by atoms with Gasteiger partial charge in [-0.15, -0.1) is 11.6 Å². The van der Waals surface area contributed by atoms with Crippen molar-refractivity contribution in [3.8, 4) is 0 Å². The van der Waals surface area contributed by atoms with Crippen LogP contribution in [0, 0.1) is 0 Å². The highest BCUT2D eigenvalue weighted by atomic mass is 35.5. The highest BCUT2D eigenvalue weighted by Crippen LogP contribution is 2.25. The standard InChI is InChI=1S/C11H23ClO4Si/c1-8(6-7-12)11(17,15-9(2)13-4)16-10(3)14-5/h9-10H,1,6-7H2,2-5,17H3. The van der Waals surface area contributed by atoms with E-state index in [9.17, 15) is 0 Å². The fourth-order valence-electron chi connectivity index (χ4n) is 1.27. The summed E-state index contributed by atoms with van der Waals surface area (Å²) in [6, 6.07) is 0. The summed E-state index contributed by atoms with van der Waals surface area (Å²) in [5.41, 5.74) is -0.0216. The second kappa shape index (κ2) is 8.23. The van der Waals surface area contributed by atoms with Crippen LogP contribution in [0.5, 0.6) is 0 Å². The van der Waals surface area contributed by atoms with Gasteiger partial charge in [0.15, 0.2) is 18.0 Å². The van der Waals surface area contributed by atoms with Crippen LogP contribution < -0.4 is 0 Å². The van der Waals surface area contributed by atoms with Crippen molar-refractivity contribution in [2.45, 2.75) is 38.3 Å². The minimum absolute atomic E-state index is 0.372. The van der Waals surface area contributed by atoms with Gasteiger partial charge >= 0.3 is 0 Å². The fourth-order valence-corrected chi connectivity index (χ4v) is 2.41. The van der Waals surface area contributed by atoms with E-state index in [1.54, 1.807) is 28.1 Å². The Morgan fingerprint density at radius 3 is 1.94 bits per heavy atom. The first kappa shape index (κ1) is 17.1. The molecular formula is C11H23ClO4Si. The smallest absolute Gasteiger partial charge is 0.168 e. The minimum atomic E-state index is -0.834. The molecule has 102 valence electrons. The monoisotopic (exact) mass is 282 g/mol. The van der Waals surface area contributed by atoms with Crippen LogP contribution in [0.3, 0.4) is 0 Å². The molecule has 0 amide bonds. The zero-order valence-corrected chi connectivity index (χ0v) is 14.0. The molecule has 0 saturated heterocycles. The summed E-state index contributed by atoms with van der Waals surface area (Å²) in [5, 5.41) is 0.